The van der Waals surface area contributed by atoms with E-state index < -0.39 is 0 Å². The summed E-state index contributed by atoms with van der Waals surface area (Å²) in [6, 6.07) is 4.32. The summed E-state index contributed by atoms with van der Waals surface area (Å²) in [4.78, 5) is 16.5. The summed E-state index contributed by atoms with van der Waals surface area (Å²) in [5.41, 5.74) is 5.37. The van der Waals surface area contributed by atoms with Crippen LogP contribution in [0, 0.1) is 17.8 Å². The van der Waals surface area contributed by atoms with Gasteiger partial charge in [-0.25, -0.2) is 0 Å². The molecule has 3 rings (SSSR count). The Kier molecular flexibility index (Phi) is 4.09. The summed E-state index contributed by atoms with van der Waals surface area (Å²) in [5.74, 6) is 6.77. The first kappa shape index (κ1) is 13.7. The van der Waals surface area contributed by atoms with E-state index in [1.807, 2.05) is 12.1 Å². The van der Waals surface area contributed by atoms with Crippen LogP contribution in [0.2, 0.25) is 0 Å². The minimum Gasteiger partial charge on any atom is -0.335 e. The molecule has 1 aliphatic heterocycles. The average molecular weight is 288 g/mol. The van der Waals surface area contributed by atoms with Crippen molar-refractivity contribution in [3.05, 3.63) is 21.9 Å². The van der Waals surface area contributed by atoms with Gasteiger partial charge in [0, 0.05) is 12.6 Å². The summed E-state index contributed by atoms with van der Waals surface area (Å²) in [6.07, 6.45) is 6.26. The highest BCUT2D eigenvalue weighted by atomic mass is 32.1. The summed E-state index contributed by atoms with van der Waals surface area (Å²) in [5, 5.41) is 0. The van der Waals surface area contributed by atoms with Crippen molar-refractivity contribution in [2.45, 2.75) is 38.1 Å². The van der Waals surface area contributed by atoms with E-state index in [-0.39, 0.29) is 5.91 Å². The lowest BCUT2D eigenvalue weighted by atomic mass is 9.85. The number of fused-ring (bicyclic) bond motifs is 1. The first-order chi connectivity index (χ1) is 9.79. The van der Waals surface area contributed by atoms with E-state index in [1.54, 1.807) is 0 Å². The number of amides is 1. The molecule has 1 aliphatic carbocycles. The zero-order valence-corrected chi connectivity index (χ0v) is 12.4. The summed E-state index contributed by atoms with van der Waals surface area (Å²) >= 11 is 1.49. The molecule has 20 heavy (non-hydrogen) atoms. The van der Waals surface area contributed by atoms with Gasteiger partial charge in [0.15, 0.2) is 0 Å². The monoisotopic (exact) mass is 288 g/mol. The maximum Gasteiger partial charge on any atom is 0.264 e. The highest BCUT2D eigenvalue weighted by molar-refractivity contribution is 7.14. The quantitative estimate of drug-likeness (QED) is 0.807. The molecule has 2 heterocycles. The fourth-order valence-electron chi connectivity index (χ4n) is 3.46. The Balaban J connectivity index is 1.74. The van der Waals surface area contributed by atoms with Crippen LogP contribution in [0.1, 0.15) is 46.7 Å². The second kappa shape index (κ2) is 5.99. The second-order valence-electron chi connectivity index (χ2n) is 5.57. The molecule has 2 unspecified atom stereocenters. The van der Waals surface area contributed by atoms with Crippen molar-refractivity contribution in [1.82, 2.24) is 4.90 Å². The molecule has 4 heteroatoms. The van der Waals surface area contributed by atoms with Gasteiger partial charge in [-0.1, -0.05) is 24.7 Å². The minimum absolute atomic E-state index is 0.199. The highest BCUT2D eigenvalue weighted by Gasteiger charge is 2.38. The van der Waals surface area contributed by atoms with E-state index >= 15 is 0 Å². The molecule has 2 aliphatic rings. The topological polar surface area (TPSA) is 46.3 Å². The van der Waals surface area contributed by atoms with Crippen molar-refractivity contribution >= 4 is 17.2 Å². The van der Waals surface area contributed by atoms with Crippen molar-refractivity contribution in [1.29, 1.82) is 0 Å². The molecule has 2 atom stereocenters. The maximum absolute atomic E-state index is 12.7. The predicted octanol–water partition coefficient (Wildman–Crippen LogP) is 2.46. The fraction of sp³-hybridized carbons (Fsp3) is 0.562. The third-order valence-corrected chi connectivity index (χ3v) is 5.39. The van der Waals surface area contributed by atoms with Crippen LogP contribution in [0.4, 0.5) is 0 Å². The lowest BCUT2D eigenvalue weighted by molar-refractivity contribution is 0.0695. The van der Waals surface area contributed by atoms with Gasteiger partial charge in [0.25, 0.3) is 5.91 Å². The van der Waals surface area contributed by atoms with E-state index in [0.29, 0.717) is 12.6 Å². The lowest BCUT2D eigenvalue weighted by Crippen LogP contribution is -2.38. The van der Waals surface area contributed by atoms with E-state index in [0.717, 1.165) is 22.2 Å². The Hall–Kier alpha value is -1.31. The number of rotatable bonds is 1. The number of hydrogen-bond donors (Lipinski definition) is 1. The SMILES string of the molecule is NCC#Cc1ccc(C(=O)N2CCC3CCCCC32)s1. The lowest BCUT2D eigenvalue weighted by Gasteiger charge is -2.31. The molecule has 0 radical (unpaired) electrons. The fourth-order valence-corrected chi connectivity index (χ4v) is 4.29. The number of likely N-dealkylation sites (tertiary alicyclic amines) is 1. The predicted molar refractivity (Wildman–Crippen MR) is 81.7 cm³/mol. The summed E-state index contributed by atoms with van der Waals surface area (Å²) < 4.78 is 0. The third-order valence-electron chi connectivity index (χ3n) is 4.40. The van der Waals surface area contributed by atoms with Gasteiger partial charge in [-0.05, 0) is 37.3 Å². The molecule has 0 bridgehead atoms. The number of nitrogens with two attached hydrogens (primary N) is 1. The van der Waals surface area contributed by atoms with Gasteiger partial charge < -0.3 is 10.6 Å². The zero-order chi connectivity index (χ0) is 13.9. The van der Waals surface area contributed by atoms with E-state index in [2.05, 4.69) is 16.7 Å². The molecule has 3 nitrogen and oxygen atoms in total. The Morgan fingerprint density at radius 3 is 3.05 bits per heavy atom. The van der Waals surface area contributed by atoms with Crippen molar-refractivity contribution < 1.29 is 4.79 Å². The van der Waals surface area contributed by atoms with Crippen molar-refractivity contribution in [2.24, 2.45) is 11.7 Å². The summed E-state index contributed by atoms with van der Waals surface area (Å²) in [7, 11) is 0. The van der Waals surface area contributed by atoms with Gasteiger partial charge >= 0.3 is 0 Å². The van der Waals surface area contributed by atoms with Crippen LogP contribution < -0.4 is 5.73 Å². The molecule has 106 valence electrons. The van der Waals surface area contributed by atoms with Crippen LogP contribution in [0.5, 0.6) is 0 Å². The Morgan fingerprint density at radius 2 is 2.20 bits per heavy atom. The normalized spacial score (nSPS) is 24.9. The summed E-state index contributed by atoms with van der Waals surface area (Å²) in [6.45, 7) is 1.28. The molecule has 1 saturated carbocycles. The highest BCUT2D eigenvalue weighted by Crippen LogP contribution is 2.37. The smallest absolute Gasteiger partial charge is 0.264 e. The standard InChI is InChI=1S/C16H20N2OS/c17-10-3-5-13-7-8-15(20-13)16(19)18-11-9-12-4-1-2-6-14(12)18/h7-8,12,14H,1-2,4,6,9-11,17H2. The number of carbonyl (C=O) groups excluding carboxylic acids is 1. The first-order valence-corrected chi connectivity index (χ1v) is 8.21. The molecular weight excluding hydrogens is 268 g/mol. The van der Waals surface area contributed by atoms with Crippen LogP contribution in [0.25, 0.3) is 0 Å². The molecule has 2 fully saturated rings. The van der Waals surface area contributed by atoms with Crippen molar-refractivity contribution in [3.8, 4) is 11.8 Å². The zero-order valence-electron chi connectivity index (χ0n) is 11.6. The number of thiophene rings is 1. The van der Waals surface area contributed by atoms with Crippen LogP contribution in [-0.2, 0) is 0 Å². The largest absolute Gasteiger partial charge is 0.335 e. The number of nitrogens with zero attached hydrogens (tertiary/aromatic N) is 1. The van der Waals surface area contributed by atoms with Crippen LogP contribution in [-0.4, -0.2) is 29.9 Å². The Labute approximate surface area is 124 Å². The number of carbonyl (C=O) groups is 1. The van der Waals surface area contributed by atoms with Gasteiger partial charge in [0.05, 0.1) is 16.3 Å². The van der Waals surface area contributed by atoms with E-state index in [9.17, 15) is 4.79 Å². The molecular formula is C16H20N2OS. The second-order valence-corrected chi connectivity index (χ2v) is 6.65. The molecule has 1 aromatic heterocycles. The van der Waals surface area contributed by atoms with Gasteiger partial charge in [-0.15, -0.1) is 11.3 Å². The van der Waals surface area contributed by atoms with Gasteiger partial charge in [0.1, 0.15) is 0 Å². The molecule has 1 amide bonds. The molecule has 2 N–H and O–H groups in total. The molecule has 0 aromatic carbocycles. The van der Waals surface area contributed by atoms with Crippen LogP contribution in [0.15, 0.2) is 12.1 Å². The molecule has 1 aromatic rings. The van der Waals surface area contributed by atoms with Gasteiger partial charge in [0.2, 0.25) is 0 Å². The average Bonchev–Trinajstić information content (AvgIpc) is 3.11. The van der Waals surface area contributed by atoms with Crippen molar-refractivity contribution in [2.75, 3.05) is 13.1 Å². The molecule has 0 spiro atoms. The third kappa shape index (κ3) is 2.61. The minimum atomic E-state index is 0.199. The van der Waals surface area contributed by atoms with Crippen LogP contribution in [0.3, 0.4) is 0 Å². The Morgan fingerprint density at radius 1 is 1.35 bits per heavy atom. The number of hydrogen-bond acceptors (Lipinski definition) is 3. The first-order valence-electron chi connectivity index (χ1n) is 7.39. The van der Waals surface area contributed by atoms with Gasteiger partial charge in [-0.3, -0.25) is 4.79 Å². The van der Waals surface area contributed by atoms with Crippen molar-refractivity contribution in [3.63, 3.8) is 0 Å². The van der Waals surface area contributed by atoms with E-state index in [4.69, 9.17) is 5.73 Å². The van der Waals surface area contributed by atoms with E-state index in [1.165, 1.54) is 43.4 Å². The van der Waals surface area contributed by atoms with Crippen LogP contribution >= 0.6 is 11.3 Å². The van der Waals surface area contributed by atoms with Gasteiger partial charge in [-0.2, -0.15) is 0 Å². The Bertz CT molecular complexity index is 554. The maximum atomic E-state index is 12.7. The molecule has 1 saturated heterocycles.